The van der Waals surface area contributed by atoms with Crippen molar-refractivity contribution >= 4 is 11.9 Å². The van der Waals surface area contributed by atoms with Crippen LogP contribution in [-0.2, 0) is 16.2 Å². The minimum atomic E-state index is -0.728. The molecule has 3 amide bonds. The van der Waals surface area contributed by atoms with Crippen molar-refractivity contribution in [2.75, 3.05) is 0 Å². The Bertz CT molecular complexity index is 437. The molecule has 1 aromatic carbocycles. The van der Waals surface area contributed by atoms with Crippen LogP contribution in [-0.4, -0.2) is 18.0 Å². The molecule has 6 nitrogen and oxygen atoms in total. The van der Waals surface area contributed by atoms with Crippen molar-refractivity contribution in [2.24, 2.45) is 11.7 Å². The monoisotopic (exact) mass is 279 g/mol. The first-order valence-corrected chi connectivity index (χ1v) is 6.56. The summed E-state index contributed by atoms with van der Waals surface area (Å²) in [6.07, 6.45) is 0.733. The molecule has 0 radical (unpaired) electrons. The van der Waals surface area contributed by atoms with Crippen LogP contribution in [0.15, 0.2) is 30.3 Å². The molecule has 0 aromatic heterocycles. The molecule has 0 saturated carbocycles. The van der Waals surface area contributed by atoms with E-state index < -0.39 is 18.0 Å². The molecule has 4 N–H and O–H groups in total. The molecule has 0 heterocycles. The molecule has 110 valence electrons. The van der Waals surface area contributed by atoms with Gasteiger partial charge in [0.15, 0.2) is 0 Å². The summed E-state index contributed by atoms with van der Waals surface area (Å²) in [5.41, 5.74) is 8.36. The van der Waals surface area contributed by atoms with Crippen LogP contribution in [0.25, 0.3) is 0 Å². The highest BCUT2D eigenvalue weighted by Gasteiger charge is 2.25. The summed E-state index contributed by atoms with van der Waals surface area (Å²) in [4.78, 5) is 28.0. The second kappa shape index (κ2) is 8.16. The maximum atomic E-state index is 12.0. The second-order valence-electron chi connectivity index (χ2n) is 4.61. The quantitative estimate of drug-likeness (QED) is 0.657. The van der Waals surface area contributed by atoms with Crippen LogP contribution in [0.3, 0.4) is 0 Å². The molecular formula is C14H21N3O3. The Morgan fingerprint density at radius 3 is 2.50 bits per heavy atom. The van der Waals surface area contributed by atoms with Crippen LogP contribution < -0.4 is 16.5 Å². The molecule has 20 heavy (non-hydrogen) atoms. The SMILES string of the molecule is CCC(C)C(NC(N)=O)C(=O)NOCc1ccccc1. The molecule has 2 atom stereocenters. The van der Waals surface area contributed by atoms with Crippen molar-refractivity contribution in [3.05, 3.63) is 35.9 Å². The highest BCUT2D eigenvalue weighted by atomic mass is 16.6. The number of hydrogen-bond acceptors (Lipinski definition) is 3. The Labute approximate surface area is 118 Å². The van der Waals surface area contributed by atoms with Gasteiger partial charge >= 0.3 is 6.03 Å². The van der Waals surface area contributed by atoms with Crippen LogP contribution >= 0.6 is 0 Å². The normalized spacial score (nSPS) is 13.3. The molecule has 0 aliphatic heterocycles. The van der Waals surface area contributed by atoms with E-state index in [1.807, 2.05) is 44.2 Å². The first-order valence-electron chi connectivity index (χ1n) is 6.56. The summed E-state index contributed by atoms with van der Waals surface area (Å²) < 4.78 is 0. The Morgan fingerprint density at radius 2 is 1.95 bits per heavy atom. The van der Waals surface area contributed by atoms with Crippen molar-refractivity contribution in [1.82, 2.24) is 10.8 Å². The molecule has 1 aromatic rings. The molecular weight excluding hydrogens is 258 g/mol. The van der Waals surface area contributed by atoms with E-state index in [1.54, 1.807) is 0 Å². The van der Waals surface area contributed by atoms with Gasteiger partial charge < -0.3 is 11.1 Å². The van der Waals surface area contributed by atoms with Gasteiger partial charge in [0.2, 0.25) is 0 Å². The van der Waals surface area contributed by atoms with Gasteiger partial charge in [-0.2, -0.15) is 0 Å². The number of nitrogens with one attached hydrogen (secondary N) is 2. The molecule has 0 aliphatic rings. The number of benzene rings is 1. The zero-order valence-corrected chi connectivity index (χ0v) is 11.8. The smallest absolute Gasteiger partial charge is 0.312 e. The number of hydroxylamine groups is 1. The van der Waals surface area contributed by atoms with Gasteiger partial charge in [-0.05, 0) is 11.5 Å². The predicted octanol–water partition coefficient (Wildman–Crippen LogP) is 1.32. The highest BCUT2D eigenvalue weighted by molar-refractivity contribution is 5.86. The molecule has 2 unspecified atom stereocenters. The number of rotatable bonds is 7. The fourth-order valence-corrected chi connectivity index (χ4v) is 1.68. The summed E-state index contributed by atoms with van der Waals surface area (Å²) in [5, 5.41) is 2.43. The van der Waals surface area contributed by atoms with Crippen LogP contribution in [0.5, 0.6) is 0 Å². The second-order valence-corrected chi connectivity index (χ2v) is 4.61. The van der Waals surface area contributed by atoms with E-state index in [0.29, 0.717) is 0 Å². The van der Waals surface area contributed by atoms with Gasteiger partial charge in [-0.3, -0.25) is 9.63 Å². The van der Waals surface area contributed by atoms with Gasteiger partial charge in [0.1, 0.15) is 6.04 Å². The number of hydrogen-bond donors (Lipinski definition) is 3. The third kappa shape index (κ3) is 5.27. The van der Waals surface area contributed by atoms with E-state index in [-0.39, 0.29) is 12.5 Å². The van der Waals surface area contributed by atoms with E-state index in [1.165, 1.54) is 0 Å². The van der Waals surface area contributed by atoms with Gasteiger partial charge in [0.05, 0.1) is 6.61 Å². The van der Waals surface area contributed by atoms with Crippen LogP contribution in [0, 0.1) is 5.92 Å². The van der Waals surface area contributed by atoms with Gasteiger partial charge in [-0.25, -0.2) is 10.3 Å². The average Bonchev–Trinajstić information content (AvgIpc) is 2.44. The standard InChI is InChI=1S/C14H21N3O3/c1-3-10(2)12(16-14(15)19)13(18)17-20-9-11-7-5-4-6-8-11/h4-8,10,12H,3,9H2,1-2H3,(H,17,18)(H3,15,16,19). The molecule has 1 rings (SSSR count). The Morgan fingerprint density at radius 1 is 1.30 bits per heavy atom. The van der Waals surface area contributed by atoms with Crippen molar-refractivity contribution in [3.63, 3.8) is 0 Å². The third-order valence-electron chi connectivity index (χ3n) is 3.05. The lowest BCUT2D eigenvalue weighted by Crippen LogP contribution is -2.51. The Kier molecular flexibility index (Phi) is 6.52. The van der Waals surface area contributed by atoms with Gasteiger partial charge in [0, 0.05) is 0 Å². The molecule has 0 aliphatic carbocycles. The minimum absolute atomic E-state index is 0.0391. The van der Waals surface area contributed by atoms with E-state index in [0.717, 1.165) is 12.0 Å². The topological polar surface area (TPSA) is 93.5 Å². The number of carbonyl (C=O) groups is 2. The number of carbonyl (C=O) groups excluding carboxylic acids is 2. The van der Waals surface area contributed by atoms with Gasteiger partial charge in [-0.1, -0.05) is 50.6 Å². The largest absolute Gasteiger partial charge is 0.352 e. The van der Waals surface area contributed by atoms with Crippen LogP contribution in [0.4, 0.5) is 4.79 Å². The van der Waals surface area contributed by atoms with Crippen molar-refractivity contribution in [1.29, 1.82) is 0 Å². The summed E-state index contributed by atoms with van der Waals surface area (Å²) in [6.45, 7) is 4.05. The van der Waals surface area contributed by atoms with E-state index in [4.69, 9.17) is 10.6 Å². The third-order valence-corrected chi connectivity index (χ3v) is 3.05. The highest BCUT2D eigenvalue weighted by Crippen LogP contribution is 2.08. The fourth-order valence-electron chi connectivity index (χ4n) is 1.68. The number of amides is 3. The lowest BCUT2D eigenvalue weighted by atomic mass is 9.99. The molecule has 0 saturated heterocycles. The van der Waals surface area contributed by atoms with Crippen LogP contribution in [0.1, 0.15) is 25.8 Å². The number of primary amides is 1. The van der Waals surface area contributed by atoms with Crippen molar-refractivity contribution < 1.29 is 14.4 Å². The molecule has 0 fully saturated rings. The van der Waals surface area contributed by atoms with E-state index in [9.17, 15) is 9.59 Å². The summed E-state index contributed by atoms with van der Waals surface area (Å²) in [6, 6.07) is 8.02. The summed E-state index contributed by atoms with van der Waals surface area (Å²) in [5.74, 6) is -0.447. The summed E-state index contributed by atoms with van der Waals surface area (Å²) in [7, 11) is 0. The first-order chi connectivity index (χ1) is 9.54. The Hall–Kier alpha value is -2.08. The minimum Gasteiger partial charge on any atom is -0.352 e. The van der Waals surface area contributed by atoms with E-state index in [2.05, 4.69) is 10.8 Å². The van der Waals surface area contributed by atoms with Crippen LogP contribution in [0.2, 0.25) is 0 Å². The van der Waals surface area contributed by atoms with Gasteiger partial charge in [0.25, 0.3) is 5.91 Å². The maximum absolute atomic E-state index is 12.0. The molecule has 6 heteroatoms. The predicted molar refractivity (Wildman–Crippen MR) is 75.3 cm³/mol. The lowest BCUT2D eigenvalue weighted by Gasteiger charge is -2.22. The first kappa shape index (κ1) is 16.0. The maximum Gasteiger partial charge on any atom is 0.312 e. The zero-order valence-electron chi connectivity index (χ0n) is 11.8. The number of urea groups is 1. The van der Waals surface area contributed by atoms with Crippen molar-refractivity contribution in [2.45, 2.75) is 32.9 Å². The Balaban J connectivity index is 2.47. The van der Waals surface area contributed by atoms with Crippen molar-refractivity contribution in [3.8, 4) is 0 Å². The number of nitrogens with two attached hydrogens (primary N) is 1. The molecule has 0 spiro atoms. The molecule has 0 bridgehead atoms. The lowest BCUT2D eigenvalue weighted by molar-refractivity contribution is -0.137. The van der Waals surface area contributed by atoms with E-state index >= 15 is 0 Å². The van der Waals surface area contributed by atoms with Gasteiger partial charge in [-0.15, -0.1) is 0 Å². The zero-order chi connectivity index (χ0) is 15.0. The average molecular weight is 279 g/mol. The fraction of sp³-hybridized carbons (Fsp3) is 0.429. The summed E-state index contributed by atoms with van der Waals surface area (Å²) >= 11 is 0.